The number of rotatable bonds is 2. The lowest BCUT2D eigenvalue weighted by Gasteiger charge is -2.07. The first kappa shape index (κ1) is 12.2. The minimum atomic E-state index is -4.55. The summed E-state index contributed by atoms with van der Waals surface area (Å²) in [5, 5.41) is 10.4. The lowest BCUT2D eigenvalue weighted by Crippen LogP contribution is -2.06. The predicted octanol–water partition coefficient (Wildman–Crippen LogP) is 3.55. The maximum Gasteiger partial charge on any atom is 0.416 e. The van der Waals surface area contributed by atoms with Crippen LogP contribution in [-0.4, -0.2) is 4.92 Å². The van der Waals surface area contributed by atoms with Crippen LogP contribution in [0.5, 0.6) is 0 Å². The van der Waals surface area contributed by atoms with Gasteiger partial charge in [-0.2, -0.15) is 13.2 Å². The van der Waals surface area contributed by atoms with Crippen LogP contribution in [0.3, 0.4) is 0 Å². The fourth-order valence-electron chi connectivity index (χ4n) is 1.02. The summed E-state index contributed by atoms with van der Waals surface area (Å²) in [6.07, 6.45) is -4.55. The normalized spacial score (nSPS) is 11.5. The zero-order valence-electron chi connectivity index (χ0n) is 7.21. The van der Waals surface area contributed by atoms with Gasteiger partial charge in [0.2, 0.25) is 0 Å². The summed E-state index contributed by atoms with van der Waals surface area (Å²) in [5.41, 5.74) is -1.23. The van der Waals surface area contributed by atoms with E-state index in [2.05, 4.69) is 0 Å². The zero-order chi connectivity index (χ0) is 11.6. The highest BCUT2D eigenvalue weighted by molar-refractivity contribution is 14.1. The van der Waals surface area contributed by atoms with Gasteiger partial charge in [-0.15, -0.1) is 0 Å². The highest BCUT2D eigenvalue weighted by atomic mass is 127. The van der Waals surface area contributed by atoms with Gasteiger partial charge in [0.1, 0.15) is 0 Å². The van der Waals surface area contributed by atoms with Gasteiger partial charge in [0.15, 0.2) is 0 Å². The van der Waals surface area contributed by atoms with Crippen LogP contribution >= 0.6 is 22.6 Å². The molecule has 0 heterocycles. The molecule has 0 aliphatic heterocycles. The van der Waals surface area contributed by atoms with Crippen molar-refractivity contribution in [2.45, 2.75) is 10.6 Å². The first-order valence-electron chi connectivity index (χ1n) is 3.76. The summed E-state index contributed by atoms with van der Waals surface area (Å²) in [6, 6.07) is 2.59. The van der Waals surface area contributed by atoms with E-state index < -0.39 is 22.4 Å². The number of nitro groups is 1. The van der Waals surface area contributed by atoms with E-state index in [0.717, 1.165) is 12.1 Å². The van der Waals surface area contributed by atoms with Crippen LogP contribution in [0.15, 0.2) is 18.2 Å². The molecule has 0 aliphatic carbocycles. The van der Waals surface area contributed by atoms with Gasteiger partial charge in [0.25, 0.3) is 5.69 Å². The molecule has 1 aromatic rings. The summed E-state index contributed by atoms with van der Waals surface area (Å²) in [7, 11) is 0. The number of benzene rings is 1. The lowest BCUT2D eigenvalue weighted by molar-refractivity contribution is -0.385. The molecule has 0 aliphatic rings. The summed E-state index contributed by atoms with van der Waals surface area (Å²) in [4.78, 5) is 9.56. The molecule has 1 aromatic carbocycles. The van der Waals surface area contributed by atoms with E-state index in [1.165, 1.54) is 0 Å². The van der Waals surface area contributed by atoms with Crippen LogP contribution in [-0.2, 0) is 10.6 Å². The fourth-order valence-corrected chi connectivity index (χ4v) is 1.46. The molecule has 0 saturated heterocycles. The molecule has 0 fully saturated rings. The average Bonchev–Trinajstić information content (AvgIpc) is 2.15. The Morgan fingerprint density at radius 3 is 2.33 bits per heavy atom. The molecule has 0 N–H and O–H groups in total. The number of non-ortho nitro benzene ring substituents is 1. The van der Waals surface area contributed by atoms with Crippen molar-refractivity contribution in [1.82, 2.24) is 0 Å². The summed E-state index contributed by atoms with van der Waals surface area (Å²) in [5.74, 6) is 0. The van der Waals surface area contributed by atoms with E-state index in [1.54, 1.807) is 0 Å². The number of hydrogen-bond donors (Lipinski definition) is 0. The molecule has 15 heavy (non-hydrogen) atoms. The Labute approximate surface area is 96.6 Å². The number of nitro benzene ring substituents is 1. The van der Waals surface area contributed by atoms with Gasteiger partial charge < -0.3 is 0 Å². The van der Waals surface area contributed by atoms with Crippen LogP contribution in [0.25, 0.3) is 0 Å². The van der Waals surface area contributed by atoms with E-state index >= 15 is 0 Å². The highest BCUT2D eigenvalue weighted by Crippen LogP contribution is 2.32. The van der Waals surface area contributed by atoms with Gasteiger partial charge >= 0.3 is 6.18 Å². The molecule has 1 rings (SSSR count). The number of hydrogen-bond acceptors (Lipinski definition) is 2. The van der Waals surface area contributed by atoms with E-state index in [4.69, 9.17) is 0 Å². The predicted molar refractivity (Wildman–Crippen MR) is 55.8 cm³/mol. The second-order valence-electron chi connectivity index (χ2n) is 2.78. The van der Waals surface area contributed by atoms with Crippen LogP contribution in [0.1, 0.15) is 11.1 Å². The molecule has 0 atom stereocenters. The number of alkyl halides is 4. The molecule has 82 valence electrons. The second kappa shape index (κ2) is 4.33. The van der Waals surface area contributed by atoms with E-state index in [-0.39, 0.29) is 5.56 Å². The molecule has 3 nitrogen and oxygen atoms in total. The van der Waals surface area contributed by atoms with Crippen LogP contribution < -0.4 is 0 Å². The molecule has 0 spiro atoms. The maximum atomic E-state index is 12.3. The molecule has 0 saturated carbocycles. The molecule has 7 heteroatoms. The second-order valence-corrected chi connectivity index (χ2v) is 3.54. The minimum Gasteiger partial charge on any atom is -0.258 e. The van der Waals surface area contributed by atoms with Crippen molar-refractivity contribution in [2.24, 2.45) is 0 Å². The van der Waals surface area contributed by atoms with Crippen molar-refractivity contribution in [2.75, 3.05) is 0 Å². The van der Waals surface area contributed by atoms with Gasteiger partial charge in [0, 0.05) is 16.6 Å². The Morgan fingerprint density at radius 2 is 1.93 bits per heavy atom. The third-order valence-corrected chi connectivity index (χ3v) is 2.55. The van der Waals surface area contributed by atoms with Gasteiger partial charge in [-0.3, -0.25) is 10.1 Å². The van der Waals surface area contributed by atoms with Gasteiger partial charge in [-0.25, -0.2) is 0 Å². The largest absolute Gasteiger partial charge is 0.416 e. The van der Waals surface area contributed by atoms with Crippen molar-refractivity contribution >= 4 is 28.3 Å². The molecular formula is C8H5F3INO2. The maximum absolute atomic E-state index is 12.3. The summed E-state index contributed by atoms with van der Waals surface area (Å²) < 4.78 is 37.3. The van der Waals surface area contributed by atoms with Gasteiger partial charge in [-0.05, 0) is 11.6 Å². The molecule has 0 unspecified atom stereocenters. The highest BCUT2D eigenvalue weighted by Gasteiger charge is 2.32. The molecular weight excluding hydrogens is 326 g/mol. The molecule has 0 radical (unpaired) electrons. The Hall–Kier alpha value is -0.860. The van der Waals surface area contributed by atoms with Crippen molar-refractivity contribution in [1.29, 1.82) is 0 Å². The molecule has 0 aromatic heterocycles. The van der Waals surface area contributed by atoms with Crippen molar-refractivity contribution in [3.8, 4) is 0 Å². The van der Waals surface area contributed by atoms with E-state index in [1.807, 2.05) is 22.6 Å². The van der Waals surface area contributed by atoms with Gasteiger partial charge in [0.05, 0.1) is 10.5 Å². The first-order valence-corrected chi connectivity index (χ1v) is 5.28. The third-order valence-electron chi connectivity index (χ3n) is 1.67. The van der Waals surface area contributed by atoms with Gasteiger partial charge in [-0.1, -0.05) is 22.6 Å². The quantitative estimate of drug-likeness (QED) is 0.360. The third kappa shape index (κ3) is 3.05. The number of nitrogens with zero attached hydrogens (tertiary/aromatic N) is 1. The molecule has 0 amide bonds. The number of halogens is 4. The standard InChI is InChI=1S/C8H5F3INO2/c9-8(10,11)6-1-5(4-12)2-7(3-6)13(14)15/h1-3H,4H2. The Morgan fingerprint density at radius 1 is 1.33 bits per heavy atom. The van der Waals surface area contributed by atoms with E-state index in [9.17, 15) is 23.3 Å². The van der Waals surface area contributed by atoms with Crippen LogP contribution in [0.2, 0.25) is 0 Å². The van der Waals surface area contributed by atoms with Crippen LogP contribution in [0, 0.1) is 10.1 Å². The summed E-state index contributed by atoms with van der Waals surface area (Å²) >= 11 is 1.85. The topological polar surface area (TPSA) is 43.1 Å². The van der Waals surface area contributed by atoms with Crippen molar-refractivity contribution < 1.29 is 18.1 Å². The first-order chi connectivity index (χ1) is 6.84. The SMILES string of the molecule is O=[N+]([O-])c1cc(CI)cc(C(F)(F)F)c1. The van der Waals surface area contributed by atoms with E-state index in [0.29, 0.717) is 10.5 Å². The Kier molecular flexibility index (Phi) is 3.53. The fraction of sp³-hybridized carbons (Fsp3) is 0.250. The van der Waals surface area contributed by atoms with Crippen molar-refractivity contribution in [3.05, 3.63) is 39.4 Å². The zero-order valence-corrected chi connectivity index (χ0v) is 9.37. The summed E-state index contributed by atoms with van der Waals surface area (Å²) in [6.45, 7) is 0. The minimum absolute atomic E-state index is 0.289. The Balaban J connectivity index is 3.30. The lowest BCUT2D eigenvalue weighted by atomic mass is 10.1. The average molecular weight is 331 g/mol. The smallest absolute Gasteiger partial charge is 0.258 e. The monoisotopic (exact) mass is 331 g/mol. The molecule has 0 bridgehead atoms. The van der Waals surface area contributed by atoms with Crippen molar-refractivity contribution in [3.63, 3.8) is 0 Å². The van der Waals surface area contributed by atoms with Crippen LogP contribution in [0.4, 0.5) is 18.9 Å². The Bertz CT molecular complexity index is 392.